The molecular formula is C12H6F5N5. The smallest absolute Gasteiger partial charge is 0.382 e. The van der Waals surface area contributed by atoms with E-state index in [1.807, 2.05) is 0 Å². The molecule has 1 aromatic carbocycles. The van der Waals surface area contributed by atoms with Crippen molar-refractivity contribution in [2.75, 3.05) is 11.5 Å². The molecule has 1 aromatic heterocycles. The van der Waals surface area contributed by atoms with E-state index >= 15 is 0 Å². The second-order valence-corrected chi connectivity index (χ2v) is 4.12. The Morgan fingerprint density at radius 2 is 1.59 bits per heavy atom. The number of aromatic nitrogens is 2. The molecule has 0 spiro atoms. The zero-order valence-corrected chi connectivity index (χ0v) is 10.5. The van der Waals surface area contributed by atoms with Gasteiger partial charge in [-0.15, -0.1) is 0 Å². The summed E-state index contributed by atoms with van der Waals surface area (Å²) in [4.78, 5) is 7.09. The number of alkyl halides is 3. The van der Waals surface area contributed by atoms with Crippen LogP contribution in [0.3, 0.4) is 0 Å². The van der Waals surface area contributed by atoms with Crippen LogP contribution in [0.25, 0.3) is 11.3 Å². The van der Waals surface area contributed by atoms with Gasteiger partial charge in [0.1, 0.15) is 34.6 Å². The Morgan fingerprint density at radius 1 is 1.05 bits per heavy atom. The highest BCUT2D eigenvalue weighted by Crippen LogP contribution is 2.36. The van der Waals surface area contributed by atoms with Crippen LogP contribution in [0, 0.1) is 23.0 Å². The molecule has 0 saturated heterocycles. The maximum absolute atomic E-state index is 13.6. The Hall–Kier alpha value is -2.96. The Kier molecular flexibility index (Phi) is 3.58. The number of nitrogens with two attached hydrogens (primary N) is 2. The number of benzene rings is 1. The van der Waals surface area contributed by atoms with Crippen molar-refractivity contribution in [2.45, 2.75) is 6.18 Å². The number of nitrogen functional groups attached to an aromatic ring is 2. The highest BCUT2D eigenvalue weighted by Gasteiger charge is 2.38. The fraction of sp³-hybridized carbons (Fsp3) is 0.0833. The molecule has 2 aromatic rings. The Labute approximate surface area is 120 Å². The quantitative estimate of drug-likeness (QED) is 0.787. The molecule has 0 unspecified atom stereocenters. The van der Waals surface area contributed by atoms with Gasteiger partial charge in [0, 0.05) is 5.56 Å². The molecule has 10 heteroatoms. The van der Waals surface area contributed by atoms with Crippen molar-refractivity contribution < 1.29 is 22.0 Å². The van der Waals surface area contributed by atoms with E-state index in [0.29, 0.717) is 12.1 Å². The van der Waals surface area contributed by atoms with E-state index in [2.05, 4.69) is 9.97 Å². The van der Waals surface area contributed by atoms with Crippen molar-refractivity contribution in [3.8, 4) is 17.3 Å². The molecule has 5 nitrogen and oxygen atoms in total. The molecule has 0 saturated carbocycles. The van der Waals surface area contributed by atoms with Crippen molar-refractivity contribution in [1.29, 1.82) is 5.26 Å². The summed E-state index contributed by atoms with van der Waals surface area (Å²) in [6, 6.07) is 2.39. The van der Waals surface area contributed by atoms with Gasteiger partial charge in [-0.25, -0.2) is 13.8 Å². The van der Waals surface area contributed by atoms with Gasteiger partial charge in [-0.1, -0.05) is 0 Å². The molecule has 0 bridgehead atoms. The summed E-state index contributed by atoms with van der Waals surface area (Å²) in [7, 11) is 0. The Morgan fingerprint density at radius 3 is 2.05 bits per heavy atom. The summed E-state index contributed by atoms with van der Waals surface area (Å²) in [5, 5.41) is 8.96. The van der Waals surface area contributed by atoms with Crippen molar-refractivity contribution in [1.82, 2.24) is 9.97 Å². The number of anilines is 2. The lowest BCUT2D eigenvalue weighted by molar-refractivity contribution is -0.142. The first-order chi connectivity index (χ1) is 10.1. The SMILES string of the molecule is N#Cc1c(N)nc(N)nc1-c1cc(F)c(C(F)(F)F)c(F)c1. The molecule has 0 aliphatic rings. The zero-order valence-electron chi connectivity index (χ0n) is 10.5. The molecule has 4 N–H and O–H groups in total. The number of nitrogens with zero attached hydrogens (tertiary/aromatic N) is 3. The van der Waals surface area contributed by atoms with Crippen LogP contribution in [0.15, 0.2) is 12.1 Å². The van der Waals surface area contributed by atoms with Crippen molar-refractivity contribution in [3.05, 3.63) is 34.9 Å². The third-order valence-electron chi connectivity index (χ3n) is 2.67. The molecule has 0 aliphatic heterocycles. The van der Waals surface area contributed by atoms with E-state index in [1.165, 1.54) is 0 Å². The lowest BCUT2D eigenvalue weighted by Crippen LogP contribution is -2.12. The summed E-state index contributed by atoms with van der Waals surface area (Å²) in [6.07, 6.45) is -5.20. The van der Waals surface area contributed by atoms with Crippen LogP contribution in [0.5, 0.6) is 0 Å². The minimum Gasteiger partial charge on any atom is -0.382 e. The molecule has 0 radical (unpaired) electrons. The topological polar surface area (TPSA) is 102 Å². The zero-order chi connectivity index (χ0) is 16.7. The monoisotopic (exact) mass is 315 g/mol. The lowest BCUT2D eigenvalue weighted by atomic mass is 10.0. The van der Waals surface area contributed by atoms with Gasteiger partial charge >= 0.3 is 6.18 Å². The number of hydrogen-bond acceptors (Lipinski definition) is 5. The molecule has 1 heterocycles. The molecule has 0 amide bonds. The van der Waals surface area contributed by atoms with Gasteiger partial charge in [-0.05, 0) is 12.1 Å². The van der Waals surface area contributed by atoms with E-state index in [0.717, 1.165) is 0 Å². The van der Waals surface area contributed by atoms with Crippen LogP contribution < -0.4 is 11.5 Å². The van der Waals surface area contributed by atoms with Crippen LogP contribution in [0.2, 0.25) is 0 Å². The van der Waals surface area contributed by atoms with Crippen LogP contribution in [-0.4, -0.2) is 9.97 Å². The van der Waals surface area contributed by atoms with Gasteiger partial charge < -0.3 is 11.5 Å². The van der Waals surface area contributed by atoms with Crippen LogP contribution in [0.4, 0.5) is 33.7 Å². The number of rotatable bonds is 1. The average molecular weight is 315 g/mol. The molecular weight excluding hydrogens is 309 g/mol. The van der Waals surface area contributed by atoms with Crippen LogP contribution in [-0.2, 0) is 6.18 Å². The van der Waals surface area contributed by atoms with E-state index in [9.17, 15) is 22.0 Å². The highest BCUT2D eigenvalue weighted by molar-refractivity contribution is 5.73. The summed E-state index contributed by atoms with van der Waals surface area (Å²) < 4.78 is 64.7. The van der Waals surface area contributed by atoms with Gasteiger partial charge in [-0.3, -0.25) is 0 Å². The van der Waals surface area contributed by atoms with E-state index in [-0.39, 0.29) is 17.1 Å². The van der Waals surface area contributed by atoms with Crippen molar-refractivity contribution >= 4 is 11.8 Å². The second-order valence-electron chi connectivity index (χ2n) is 4.12. The van der Waals surface area contributed by atoms with Gasteiger partial charge in [0.2, 0.25) is 5.95 Å². The summed E-state index contributed by atoms with van der Waals surface area (Å²) >= 11 is 0. The minimum atomic E-state index is -5.20. The number of nitriles is 1. The Bertz CT molecular complexity index is 771. The third-order valence-corrected chi connectivity index (χ3v) is 2.67. The van der Waals surface area contributed by atoms with Gasteiger partial charge in [-0.2, -0.15) is 23.4 Å². The Balaban J connectivity index is 2.74. The molecule has 0 aliphatic carbocycles. The second kappa shape index (κ2) is 5.10. The molecule has 22 heavy (non-hydrogen) atoms. The van der Waals surface area contributed by atoms with Crippen molar-refractivity contribution in [3.63, 3.8) is 0 Å². The fourth-order valence-corrected chi connectivity index (χ4v) is 1.80. The van der Waals surface area contributed by atoms with E-state index in [4.69, 9.17) is 16.7 Å². The standard InChI is InChI=1S/C12H6F5N5/c13-6-1-4(2-7(14)8(6)12(15,16)17)9-5(3-18)10(19)22-11(20)21-9/h1-2H,(H4,19,20,21,22). The predicted octanol–water partition coefficient (Wildman–Crippen LogP) is 2.48. The lowest BCUT2D eigenvalue weighted by Gasteiger charge is -2.12. The van der Waals surface area contributed by atoms with Crippen LogP contribution >= 0.6 is 0 Å². The van der Waals surface area contributed by atoms with Gasteiger partial charge in [0.25, 0.3) is 0 Å². The first kappa shape index (κ1) is 15.4. The maximum Gasteiger partial charge on any atom is 0.422 e. The maximum atomic E-state index is 13.6. The van der Waals surface area contributed by atoms with E-state index in [1.54, 1.807) is 6.07 Å². The van der Waals surface area contributed by atoms with Crippen LogP contribution in [0.1, 0.15) is 11.1 Å². The fourth-order valence-electron chi connectivity index (χ4n) is 1.80. The molecule has 0 atom stereocenters. The van der Waals surface area contributed by atoms with Crippen molar-refractivity contribution in [2.24, 2.45) is 0 Å². The van der Waals surface area contributed by atoms with Gasteiger partial charge in [0.05, 0.1) is 5.69 Å². The normalized spacial score (nSPS) is 11.3. The highest BCUT2D eigenvalue weighted by atomic mass is 19.4. The molecule has 0 fully saturated rings. The summed E-state index contributed by atoms with van der Waals surface area (Å²) in [6.45, 7) is 0. The number of hydrogen-bond donors (Lipinski definition) is 2. The predicted molar refractivity (Wildman–Crippen MR) is 65.9 cm³/mol. The average Bonchev–Trinajstić information content (AvgIpc) is 2.35. The first-order valence-corrected chi connectivity index (χ1v) is 5.54. The summed E-state index contributed by atoms with van der Waals surface area (Å²) in [5.74, 6) is -4.44. The molecule has 2 rings (SSSR count). The van der Waals surface area contributed by atoms with E-state index < -0.39 is 34.9 Å². The molecule has 114 valence electrons. The third kappa shape index (κ3) is 2.60. The minimum absolute atomic E-state index is 0.354. The van der Waals surface area contributed by atoms with Gasteiger partial charge in [0.15, 0.2) is 0 Å². The first-order valence-electron chi connectivity index (χ1n) is 5.54. The number of halogens is 5. The largest absolute Gasteiger partial charge is 0.422 e. The summed E-state index contributed by atoms with van der Waals surface area (Å²) in [5.41, 5.74) is 7.57.